The van der Waals surface area contributed by atoms with E-state index in [1.165, 1.54) is 0 Å². The van der Waals surface area contributed by atoms with E-state index in [-0.39, 0.29) is 18.9 Å². The molecular formula is C23H26N4O4. The van der Waals surface area contributed by atoms with Crippen LogP contribution in [0.3, 0.4) is 0 Å². The number of carbonyl (C=O) groups excluding carboxylic acids is 1. The van der Waals surface area contributed by atoms with Gasteiger partial charge in [-0.05, 0) is 56.5 Å². The topological polar surface area (TPSA) is 87.5 Å². The number of nitrogens with one attached hydrogen (secondary N) is 1. The van der Waals surface area contributed by atoms with Crippen LogP contribution in [0.2, 0.25) is 0 Å². The van der Waals surface area contributed by atoms with Crippen LogP contribution in [0.1, 0.15) is 44.5 Å². The minimum atomic E-state index is -0.462. The number of nitrogens with zero attached hydrogens (tertiary/aromatic N) is 3. The number of carbonyl (C=O) groups is 1. The van der Waals surface area contributed by atoms with Crippen molar-refractivity contribution in [2.45, 2.75) is 51.5 Å². The molecule has 4 heterocycles. The van der Waals surface area contributed by atoms with E-state index in [1.807, 2.05) is 35.9 Å². The Labute approximate surface area is 180 Å². The predicted molar refractivity (Wildman–Crippen MR) is 115 cm³/mol. The van der Waals surface area contributed by atoms with Crippen molar-refractivity contribution in [3.05, 3.63) is 42.2 Å². The van der Waals surface area contributed by atoms with Gasteiger partial charge in [-0.2, -0.15) is 5.10 Å². The van der Waals surface area contributed by atoms with Gasteiger partial charge in [-0.25, -0.2) is 9.48 Å². The normalized spacial score (nSPS) is 22.2. The number of hydrogen-bond acceptors (Lipinski definition) is 6. The lowest BCUT2D eigenvalue weighted by molar-refractivity contribution is -0.0365. The molecule has 1 unspecified atom stereocenters. The number of alkyl carbamates (subject to hydrolysis) is 1. The highest BCUT2D eigenvalue weighted by Crippen LogP contribution is 2.35. The Morgan fingerprint density at radius 3 is 2.97 bits per heavy atom. The zero-order valence-corrected chi connectivity index (χ0v) is 17.5. The van der Waals surface area contributed by atoms with Crippen LogP contribution in [0.15, 0.2) is 36.5 Å². The van der Waals surface area contributed by atoms with Crippen molar-refractivity contribution < 1.29 is 19.0 Å². The Balaban J connectivity index is 1.63. The maximum Gasteiger partial charge on any atom is 0.407 e. The van der Waals surface area contributed by atoms with E-state index in [9.17, 15) is 4.79 Å². The summed E-state index contributed by atoms with van der Waals surface area (Å²) < 4.78 is 19.4. The lowest BCUT2D eigenvalue weighted by atomic mass is 10.1. The highest BCUT2D eigenvalue weighted by atomic mass is 16.5. The summed E-state index contributed by atoms with van der Waals surface area (Å²) in [6.07, 6.45) is 4.93. The summed E-state index contributed by atoms with van der Waals surface area (Å²) in [6, 6.07) is 9.91. The fraction of sp³-hybridized carbons (Fsp3) is 0.435. The van der Waals surface area contributed by atoms with Gasteiger partial charge in [-0.1, -0.05) is 0 Å². The standard InChI is InChI=1S/C23H26N4O4/c1-15-7-9-25-23(28)30-14-17-12-16(8-10-24-17)22-19-13-18(31-15)5-6-20(19)27(26-22)21-4-2-3-11-29-21/h5-6,8,10,12-13,15,21H,2-4,7,9,11,14H2,1H3,(H,25,28)/t15-,21?/m1/s1. The fourth-order valence-corrected chi connectivity index (χ4v) is 4.11. The van der Waals surface area contributed by atoms with Crippen LogP contribution in [-0.2, 0) is 16.1 Å². The van der Waals surface area contributed by atoms with Crippen LogP contribution >= 0.6 is 0 Å². The molecule has 1 N–H and O–H groups in total. The van der Waals surface area contributed by atoms with Crippen molar-refractivity contribution in [3.8, 4) is 17.0 Å². The molecule has 31 heavy (non-hydrogen) atoms. The first-order valence-corrected chi connectivity index (χ1v) is 10.8. The molecule has 2 aromatic heterocycles. The van der Waals surface area contributed by atoms with Gasteiger partial charge in [0.15, 0.2) is 6.23 Å². The zero-order valence-electron chi connectivity index (χ0n) is 17.5. The SMILES string of the molecule is C[C@@H]1CCNC(=O)OCc2cc(ccn2)-c2nn(C3CCCCO3)c3ccc(cc23)O1. The van der Waals surface area contributed by atoms with Crippen molar-refractivity contribution >= 4 is 17.0 Å². The Bertz CT molecular complexity index is 1090. The van der Waals surface area contributed by atoms with E-state index in [2.05, 4.69) is 16.4 Å². The number of aromatic nitrogens is 3. The van der Waals surface area contributed by atoms with Gasteiger partial charge in [0.25, 0.3) is 0 Å². The molecule has 0 spiro atoms. The highest BCUT2D eigenvalue weighted by molar-refractivity contribution is 5.94. The van der Waals surface area contributed by atoms with Crippen LogP contribution < -0.4 is 10.1 Å². The molecule has 0 saturated carbocycles. The maximum absolute atomic E-state index is 12.0. The molecule has 4 bridgehead atoms. The molecule has 2 atom stereocenters. The third-order valence-electron chi connectivity index (χ3n) is 5.70. The van der Waals surface area contributed by atoms with Gasteiger partial charge in [-0.15, -0.1) is 0 Å². The van der Waals surface area contributed by atoms with Gasteiger partial charge < -0.3 is 19.5 Å². The summed E-state index contributed by atoms with van der Waals surface area (Å²) in [4.78, 5) is 16.3. The molecule has 0 aliphatic carbocycles. The Morgan fingerprint density at radius 1 is 1.16 bits per heavy atom. The van der Waals surface area contributed by atoms with E-state index in [0.29, 0.717) is 18.7 Å². The van der Waals surface area contributed by atoms with Crippen molar-refractivity contribution in [1.29, 1.82) is 0 Å². The molecule has 1 saturated heterocycles. The summed E-state index contributed by atoms with van der Waals surface area (Å²) in [7, 11) is 0. The second-order valence-corrected chi connectivity index (χ2v) is 8.05. The third-order valence-corrected chi connectivity index (χ3v) is 5.70. The summed E-state index contributed by atoms with van der Waals surface area (Å²) in [5.41, 5.74) is 3.43. The van der Waals surface area contributed by atoms with E-state index in [4.69, 9.17) is 19.3 Å². The lowest BCUT2D eigenvalue weighted by Gasteiger charge is -2.23. The van der Waals surface area contributed by atoms with Gasteiger partial charge in [-0.3, -0.25) is 4.98 Å². The second kappa shape index (κ2) is 8.55. The molecule has 2 aliphatic heterocycles. The average Bonchev–Trinajstić information content (AvgIpc) is 3.17. The minimum Gasteiger partial charge on any atom is -0.491 e. The van der Waals surface area contributed by atoms with Gasteiger partial charge in [0, 0.05) is 36.7 Å². The molecule has 1 amide bonds. The summed E-state index contributed by atoms with van der Waals surface area (Å²) in [5, 5.41) is 8.72. The van der Waals surface area contributed by atoms with E-state index < -0.39 is 6.09 Å². The molecule has 8 heteroatoms. The Hall–Kier alpha value is -3.13. The molecule has 5 rings (SSSR count). The number of rotatable bonds is 1. The van der Waals surface area contributed by atoms with Crippen molar-refractivity contribution in [3.63, 3.8) is 0 Å². The zero-order chi connectivity index (χ0) is 21.2. The quantitative estimate of drug-likeness (QED) is 0.633. The van der Waals surface area contributed by atoms with Crippen LogP contribution in [0.5, 0.6) is 5.75 Å². The van der Waals surface area contributed by atoms with Crippen molar-refractivity contribution in [2.75, 3.05) is 13.2 Å². The molecule has 3 aromatic rings. The Morgan fingerprint density at radius 2 is 2.10 bits per heavy atom. The van der Waals surface area contributed by atoms with Gasteiger partial charge in [0.05, 0.1) is 17.3 Å². The second-order valence-electron chi connectivity index (χ2n) is 8.05. The molecule has 0 radical (unpaired) electrons. The van der Waals surface area contributed by atoms with E-state index in [0.717, 1.165) is 53.8 Å². The van der Waals surface area contributed by atoms with Crippen molar-refractivity contribution in [2.24, 2.45) is 0 Å². The first-order valence-electron chi connectivity index (χ1n) is 10.8. The molecule has 2 aliphatic rings. The number of benzene rings is 1. The first-order chi connectivity index (χ1) is 15.2. The molecule has 8 nitrogen and oxygen atoms in total. The largest absolute Gasteiger partial charge is 0.491 e. The number of ether oxygens (including phenoxy) is 3. The van der Waals surface area contributed by atoms with Crippen LogP contribution in [0, 0.1) is 0 Å². The predicted octanol–water partition coefficient (Wildman–Crippen LogP) is 4.19. The van der Waals surface area contributed by atoms with Crippen LogP contribution in [0.25, 0.3) is 22.2 Å². The number of hydrogen-bond donors (Lipinski definition) is 1. The maximum atomic E-state index is 12.0. The molecular weight excluding hydrogens is 396 g/mol. The summed E-state index contributed by atoms with van der Waals surface area (Å²) >= 11 is 0. The summed E-state index contributed by atoms with van der Waals surface area (Å²) in [5.74, 6) is 0.775. The molecule has 1 fully saturated rings. The monoisotopic (exact) mass is 422 g/mol. The van der Waals surface area contributed by atoms with Gasteiger partial charge in [0.1, 0.15) is 18.1 Å². The lowest BCUT2D eigenvalue weighted by Crippen LogP contribution is -2.28. The molecule has 162 valence electrons. The molecule has 1 aromatic carbocycles. The summed E-state index contributed by atoms with van der Waals surface area (Å²) in [6.45, 7) is 3.31. The van der Waals surface area contributed by atoms with Gasteiger partial charge >= 0.3 is 6.09 Å². The third kappa shape index (κ3) is 4.20. The average molecular weight is 422 g/mol. The smallest absolute Gasteiger partial charge is 0.407 e. The number of amides is 1. The van der Waals surface area contributed by atoms with Crippen LogP contribution in [0.4, 0.5) is 4.79 Å². The number of pyridine rings is 1. The highest BCUT2D eigenvalue weighted by Gasteiger charge is 2.23. The van der Waals surface area contributed by atoms with E-state index in [1.54, 1.807) is 6.20 Å². The minimum absolute atomic E-state index is 0.0641. The Kier molecular flexibility index (Phi) is 5.46. The van der Waals surface area contributed by atoms with Gasteiger partial charge in [0.2, 0.25) is 0 Å². The van der Waals surface area contributed by atoms with Crippen molar-refractivity contribution in [1.82, 2.24) is 20.1 Å². The number of fused-ring (bicyclic) bond motifs is 4. The number of cyclic esters (lactones) is 1. The van der Waals surface area contributed by atoms with E-state index >= 15 is 0 Å². The van der Waals surface area contributed by atoms with Crippen LogP contribution in [-0.4, -0.2) is 40.1 Å². The first kappa shape index (κ1) is 19.8. The fourth-order valence-electron chi connectivity index (χ4n) is 4.11.